The standard InChI is InChI=1S/C12H23N3O/c1-12(2)11(16)15(8-5-13-12)10-9-14-6-3-4-7-14/h13H,3-10H2,1-2H3. The first-order valence-corrected chi connectivity index (χ1v) is 6.36. The molecule has 2 saturated heterocycles. The molecule has 1 amide bonds. The number of amides is 1. The van der Waals surface area contributed by atoms with Crippen molar-refractivity contribution in [2.24, 2.45) is 0 Å². The molecule has 2 aliphatic rings. The van der Waals surface area contributed by atoms with Crippen LogP contribution < -0.4 is 5.32 Å². The molecular weight excluding hydrogens is 202 g/mol. The van der Waals surface area contributed by atoms with E-state index >= 15 is 0 Å². The summed E-state index contributed by atoms with van der Waals surface area (Å²) in [7, 11) is 0. The maximum absolute atomic E-state index is 12.1. The summed E-state index contributed by atoms with van der Waals surface area (Å²) in [5.41, 5.74) is -0.372. The van der Waals surface area contributed by atoms with Crippen LogP contribution in [0, 0.1) is 0 Å². The van der Waals surface area contributed by atoms with Crippen LogP contribution in [0.3, 0.4) is 0 Å². The smallest absolute Gasteiger partial charge is 0.242 e. The van der Waals surface area contributed by atoms with E-state index in [0.29, 0.717) is 0 Å². The molecule has 0 spiro atoms. The maximum Gasteiger partial charge on any atom is 0.242 e. The van der Waals surface area contributed by atoms with Gasteiger partial charge in [-0.3, -0.25) is 4.79 Å². The van der Waals surface area contributed by atoms with Crippen molar-refractivity contribution >= 4 is 5.91 Å². The van der Waals surface area contributed by atoms with Crippen LogP contribution in [0.15, 0.2) is 0 Å². The van der Waals surface area contributed by atoms with E-state index in [0.717, 1.165) is 26.2 Å². The quantitative estimate of drug-likeness (QED) is 0.750. The second-order valence-electron chi connectivity index (χ2n) is 5.39. The van der Waals surface area contributed by atoms with Crippen LogP contribution in [0.1, 0.15) is 26.7 Å². The van der Waals surface area contributed by atoms with Crippen LogP contribution in [0.25, 0.3) is 0 Å². The van der Waals surface area contributed by atoms with Crippen LogP contribution in [0.4, 0.5) is 0 Å². The fraction of sp³-hybridized carbons (Fsp3) is 0.917. The number of likely N-dealkylation sites (tertiary alicyclic amines) is 1. The van der Waals surface area contributed by atoms with Gasteiger partial charge in [-0.2, -0.15) is 0 Å². The Morgan fingerprint density at radius 1 is 1.19 bits per heavy atom. The van der Waals surface area contributed by atoms with E-state index in [1.54, 1.807) is 0 Å². The van der Waals surface area contributed by atoms with Gasteiger partial charge < -0.3 is 15.1 Å². The van der Waals surface area contributed by atoms with Gasteiger partial charge in [0.25, 0.3) is 0 Å². The van der Waals surface area contributed by atoms with Crippen molar-refractivity contribution in [3.8, 4) is 0 Å². The van der Waals surface area contributed by atoms with Gasteiger partial charge in [-0.05, 0) is 39.8 Å². The summed E-state index contributed by atoms with van der Waals surface area (Å²) in [6.07, 6.45) is 2.64. The molecular formula is C12H23N3O. The van der Waals surface area contributed by atoms with Gasteiger partial charge in [-0.15, -0.1) is 0 Å². The number of piperazine rings is 1. The van der Waals surface area contributed by atoms with Crippen molar-refractivity contribution in [2.75, 3.05) is 39.3 Å². The lowest BCUT2D eigenvalue weighted by atomic mass is 10.0. The highest BCUT2D eigenvalue weighted by molar-refractivity contribution is 5.86. The highest BCUT2D eigenvalue weighted by Crippen LogP contribution is 2.13. The Morgan fingerprint density at radius 2 is 1.88 bits per heavy atom. The van der Waals surface area contributed by atoms with E-state index in [1.165, 1.54) is 25.9 Å². The monoisotopic (exact) mass is 225 g/mol. The highest BCUT2D eigenvalue weighted by atomic mass is 16.2. The van der Waals surface area contributed by atoms with Crippen molar-refractivity contribution in [1.29, 1.82) is 0 Å². The Labute approximate surface area is 98.0 Å². The Morgan fingerprint density at radius 3 is 2.56 bits per heavy atom. The summed E-state index contributed by atoms with van der Waals surface area (Å²) in [5, 5.41) is 3.26. The van der Waals surface area contributed by atoms with Gasteiger partial charge in [0, 0.05) is 26.2 Å². The van der Waals surface area contributed by atoms with E-state index in [1.807, 2.05) is 18.7 Å². The Balaban J connectivity index is 1.82. The molecule has 0 saturated carbocycles. The number of rotatable bonds is 3. The second-order valence-corrected chi connectivity index (χ2v) is 5.39. The lowest BCUT2D eigenvalue weighted by Gasteiger charge is -2.38. The summed E-state index contributed by atoms with van der Waals surface area (Å²) < 4.78 is 0. The van der Waals surface area contributed by atoms with E-state index in [-0.39, 0.29) is 11.4 Å². The zero-order valence-electron chi connectivity index (χ0n) is 10.5. The summed E-state index contributed by atoms with van der Waals surface area (Å²) in [5.74, 6) is 0.248. The first kappa shape index (κ1) is 11.9. The summed E-state index contributed by atoms with van der Waals surface area (Å²) >= 11 is 0. The van der Waals surface area contributed by atoms with Gasteiger partial charge >= 0.3 is 0 Å². The first-order valence-electron chi connectivity index (χ1n) is 6.36. The van der Waals surface area contributed by atoms with Crippen molar-refractivity contribution in [3.63, 3.8) is 0 Å². The number of hydrogen-bond donors (Lipinski definition) is 1. The van der Waals surface area contributed by atoms with E-state index in [9.17, 15) is 4.79 Å². The molecule has 0 bridgehead atoms. The minimum Gasteiger partial charge on any atom is -0.339 e. The Hall–Kier alpha value is -0.610. The third kappa shape index (κ3) is 2.55. The molecule has 0 atom stereocenters. The Bertz CT molecular complexity index is 259. The molecule has 0 aliphatic carbocycles. The zero-order chi connectivity index (χ0) is 11.6. The average Bonchev–Trinajstić information content (AvgIpc) is 2.73. The molecule has 2 aliphatic heterocycles. The average molecular weight is 225 g/mol. The van der Waals surface area contributed by atoms with Crippen molar-refractivity contribution in [2.45, 2.75) is 32.2 Å². The number of carbonyl (C=O) groups excluding carboxylic acids is 1. The van der Waals surface area contributed by atoms with Crippen molar-refractivity contribution in [1.82, 2.24) is 15.1 Å². The molecule has 0 aromatic heterocycles. The predicted molar refractivity (Wildman–Crippen MR) is 64.3 cm³/mol. The third-order valence-corrected chi connectivity index (χ3v) is 3.66. The fourth-order valence-electron chi connectivity index (χ4n) is 2.56. The van der Waals surface area contributed by atoms with Gasteiger partial charge in [0.05, 0.1) is 5.54 Å². The van der Waals surface area contributed by atoms with Crippen LogP contribution >= 0.6 is 0 Å². The largest absolute Gasteiger partial charge is 0.339 e. The minimum atomic E-state index is -0.372. The van der Waals surface area contributed by atoms with Gasteiger partial charge in [0.15, 0.2) is 0 Å². The molecule has 0 unspecified atom stereocenters. The number of nitrogens with zero attached hydrogens (tertiary/aromatic N) is 2. The molecule has 4 nitrogen and oxygen atoms in total. The SMILES string of the molecule is CC1(C)NCCN(CCN2CCCC2)C1=O. The van der Waals surface area contributed by atoms with Crippen LogP contribution in [-0.2, 0) is 4.79 Å². The van der Waals surface area contributed by atoms with Gasteiger partial charge in [-0.25, -0.2) is 0 Å². The fourth-order valence-corrected chi connectivity index (χ4v) is 2.56. The number of carbonyl (C=O) groups is 1. The molecule has 2 rings (SSSR count). The summed E-state index contributed by atoms with van der Waals surface area (Å²) in [6, 6.07) is 0. The van der Waals surface area contributed by atoms with Gasteiger partial charge in [-0.1, -0.05) is 0 Å². The molecule has 2 fully saturated rings. The molecule has 16 heavy (non-hydrogen) atoms. The molecule has 0 aromatic carbocycles. The van der Waals surface area contributed by atoms with Crippen molar-refractivity contribution in [3.05, 3.63) is 0 Å². The van der Waals surface area contributed by atoms with E-state index in [2.05, 4.69) is 10.2 Å². The lowest BCUT2D eigenvalue weighted by Crippen LogP contribution is -2.61. The van der Waals surface area contributed by atoms with E-state index in [4.69, 9.17) is 0 Å². The summed E-state index contributed by atoms with van der Waals surface area (Å²) in [4.78, 5) is 16.6. The first-order chi connectivity index (χ1) is 7.59. The topological polar surface area (TPSA) is 35.6 Å². The van der Waals surface area contributed by atoms with Crippen LogP contribution in [0.2, 0.25) is 0 Å². The van der Waals surface area contributed by atoms with Crippen LogP contribution in [-0.4, -0.2) is 60.5 Å². The number of nitrogens with one attached hydrogen (secondary N) is 1. The van der Waals surface area contributed by atoms with Gasteiger partial charge in [0.2, 0.25) is 5.91 Å². The maximum atomic E-state index is 12.1. The second kappa shape index (κ2) is 4.72. The van der Waals surface area contributed by atoms with E-state index < -0.39 is 0 Å². The molecule has 1 N–H and O–H groups in total. The minimum absolute atomic E-state index is 0.248. The third-order valence-electron chi connectivity index (χ3n) is 3.66. The van der Waals surface area contributed by atoms with Gasteiger partial charge in [0.1, 0.15) is 0 Å². The molecule has 92 valence electrons. The predicted octanol–water partition coefficient (Wildman–Crippen LogP) is 0.293. The molecule has 0 radical (unpaired) electrons. The molecule has 0 aromatic rings. The summed E-state index contributed by atoms with van der Waals surface area (Å²) in [6.45, 7) is 10.1. The molecule has 4 heteroatoms. The molecule has 2 heterocycles. The zero-order valence-corrected chi connectivity index (χ0v) is 10.5. The lowest BCUT2D eigenvalue weighted by molar-refractivity contribution is -0.140. The normalized spacial score (nSPS) is 26.4. The van der Waals surface area contributed by atoms with Crippen LogP contribution in [0.5, 0.6) is 0 Å². The van der Waals surface area contributed by atoms with Crippen molar-refractivity contribution < 1.29 is 4.79 Å². The number of hydrogen-bond acceptors (Lipinski definition) is 3. The highest BCUT2D eigenvalue weighted by Gasteiger charge is 2.34. The Kier molecular flexibility index (Phi) is 3.50.